The molecule has 1 aliphatic carbocycles. The number of benzene rings is 2. The summed E-state index contributed by atoms with van der Waals surface area (Å²) in [6, 6.07) is 13.9. The summed E-state index contributed by atoms with van der Waals surface area (Å²) in [6.45, 7) is 0.968. The second kappa shape index (κ2) is 7.60. The highest BCUT2D eigenvalue weighted by atomic mass is 16.5. The van der Waals surface area contributed by atoms with Crippen molar-refractivity contribution >= 4 is 22.6 Å². The van der Waals surface area contributed by atoms with Crippen molar-refractivity contribution in [1.29, 1.82) is 0 Å². The summed E-state index contributed by atoms with van der Waals surface area (Å²) in [5.74, 6) is 0.124. The quantitative estimate of drug-likeness (QED) is 0.690. The van der Waals surface area contributed by atoms with Crippen molar-refractivity contribution < 1.29 is 14.3 Å². The van der Waals surface area contributed by atoms with Crippen molar-refractivity contribution in [3.05, 3.63) is 59.3 Å². The summed E-state index contributed by atoms with van der Waals surface area (Å²) in [4.78, 5) is 24.7. The number of ketones is 1. The van der Waals surface area contributed by atoms with Gasteiger partial charge in [0.1, 0.15) is 0 Å². The van der Waals surface area contributed by atoms with Gasteiger partial charge >= 0.3 is 0 Å². The Balaban J connectivity index is 1.71. The number of hydrogen-bond donors (Lipinski definition) is 1. The Labute approximate surface area is 164 Å². The van der Waals surface area contributed by atoms with Crippen LogP contribution in [-0.4, -0.2) is 36.5 Å². The van der Waals surface area contributed by atoms with Gasteiger partial charge in [-0.3, -0.25) is 9.59 Å². The molecule has 0 atom stereocenters. The van der Waals surface area contributed by atoms with Crippen LogP contribution in [0.3, 0.4) is 0 Å². The molecule has 4 rings (SSSR count). The molecule has 5 heteroatoms. The first-order chi connectivity index (χ1) is 13.6. The average molecular weight is 376 g/mol. The zero-order valence-corrected chi connectivity index (χ0v) is 16.2. The Kier molecular flexibility index (Phi) is 5.01. The van der Waals surface area contributed by atoms with Crippen LogP contribution < -0.4 is 5.32 Å². The van der Waals surface area contributed by atoms with E-state index in [4.69, 9.17) is 4.74 Å². The van der Waals surface area contributed by atoms with Gasteiger partial charge in [0.15, 0.2) is 5.78 Å². The Morgan fingerprint density at radius 2 is 1.96 bits per heavy atom. The van der Waals surface area contributed by atoms with E-state index in [9.17, 15) is 9.59 Å². The van der Waals surface area contributed by atoms with Crippen LogP contribution in [0, 0.1) is 0 Å². The molecule has 0 aliphatic heterocycles. The zero-order valence-electron chi connectivity index (χ0n) is 16.2. The van der Waals surface area contributed by atoms with Gasteiger partial charge in [-0.25, -0.2) is 0 Å². The number of fused-ring (bicyclic) bond motifs is 3. The minimum atomic E-state index is -0.109. The SMILES string of the molecule is COCCNC(=O)c1cccc(-c2ccc3c(c2)c2c(n3C)C(=O)CCC2)c1. The molecule has 144 valence electrons. The summed E-state index contributed by atoms with van der Waals surface area (Å²) < 4.78 is 7.00. The minimum absolute atomic E-state index is 0.109. The molecule has 0 saturated heterocycles. The lowest BCUT2D eigenvalue weighted by molar-refractivity contribution is 0.0935. The Morgan fingerprint density at radius 3 is 2.79 bits per heavy atom. The zero-order chi connectivity index (χ0) is 19.7. The highest BCUT2D eigenvalue weighted by Gasteiger charge is 2.24. The molecular formula is C23H24N2O3. The number of methoxy groups -OCH3 is 1. The van der Waals surface area contributed by atoms with E-state index in [1.54, 1.807) is 7.11 Å². The normalized spacial score (nSPS) is 13.6. The fourth-order valence-electron chi connectivity index (χ4n) is 4.06. The lowest BCUT2D eigenvalue weighted by Crippen LogP contribution is -2.26. The maximum Gasteiger partial charge on any atom is 0.251 e. The molecule has 1 amide bonds. The van der Waals surface area contributed by atoms with Gasteiger partial charge < -0.3 is 14.6 Å². The molecule has 0 fully saturated rings. The van der Waals surface area contributed by atoms with E-state index in [1.165, 1.54) is 0 Å². The number of aromatic nitrogens is 1. The molecule has 0 saturated carbocycles. The molecule has 0 unspecified atom stereocenters. The predicted molar refractivity (Wildman–Crippen MR) is 110 cm³/mol. The van der Waals surface area contributed by atoms with Gasteiger partial charge in [-0.2, -0.15) is 0 Å². The van der Waals surface area contributed by atoms with Gasteiger partial charge in [-0.05, 0) is 53.8 Å². The van der Waals surface area contributed by atoms with Crippen molar-refractivity contribution in [2.75, 3.05) is 20.3 Å². The van der Waals surface area contributed by atoms with Crippen LogP contribution in [-0.2, 0) is 18.2 Å². The van der Waals surface area contributed by atoms with E-state index >= 15 is 0 Å². The fourth-order valence-corrected chi connectivity index (χ4v) is 4.06. The first-order valence-electron chi connectivity index (χ1n) is 9.62. The van der Waals surface area contributed by atoms with Gasteiger partial charge in [-0.15, -0.1) is 0 Å². The number of carbonyl (C=O) groups excluding carboxylic acids is 2. The third-order valence-corrected chi connectivity index (χ3v) is 5.45. The van der Waals surface area contributed by atoms with Crippen LogP contribution >= 0.6 is 0 Å². The maximum atomic E-state index is 12.4. The third-order valence-electron chi connectivity index (χ3n) is 5.45. The molecule has 28 heavy (non-hydrogen) atoms. The van der Waals surface area contributed by atoms with E-state index in [0.717, 1.165) is 46.1 Å². The number of amides is 1. The first kappa shape index (κ1) is 18.4. The van der Waals surface area contributed by atoms with Crippen molar-refractivity contribution in [2.24, 2.45) is 7.05 Å². The lowest BCUT2D eigenvalue weighted by Gasteiger charge is -2.11. The summed E-state index contributed by atoms with van der Waals surface area (Å²) in [7, 11) is 3.58. The Bertz CT molecular complexity index is 1070. The average Bonchev–Trinajstić information content (AvgIpc) is 3.01. The van der Waals surface area contributed by atoms with Crippen molar-refractivity contribution in [3.8, 4) is 11.1 Å². The molecule has 1 aliphatic rings. The summed E-state index contributed by atoms with van der Waals surface area (Å²) in [6.07, 6.45) is 2.47. The number of nitrogens with zero attached hydrogens (tertiary/aromatic N) is 1. The first-order valence-corrected chi connectivity index (χ1v) is 9.62. The highest BCUT2D eigenvalue weighted by Crippen LogP contribution is 2.34. The summed E-state index contributed by atoms with van der Waals surface area (Å²) in [5.41, 5.74) is 5.75. The van der Waals surface area contributed by atoms with Gasteiger partial charge in [0, 0.05) is 43.6 Å². The van der Waals surface area contributed by atoms with Crippen LogP contribution in [0.2, 0.25) is 0 Å². The molecule has 0 spiro atoms. The van der Waals surface area contributed by atoms with Crippen molar-refractivity contribution in [2.45, 2.75) is 19.3 Å². The van der Waals surface area contributed by atoms with E-state index in [0.29, 0.717) is 25.1 Å². The number of rotatable bonds is 5. The van der Waals surface area contributed by atoms with E-state index in [-0.39, 0.29) is 11.7 Å². The number of Topliss-reactive ketones (excluding diaryl/α,β-unsaturated/α-hetero) is 1. The number of aryl methyl sites for hydroxylation is 2. The van der Waals surface area contributed by atoms with E-state index in [1.807, 2.05) is 35.9 Å². The predicted octanol–water partition coefficient (Wildman–Crippen LogP) is 3.74. The molecule has 3 aromatic rings. The second-order valence-electron chi connectivity index (χ2n) is 7.22. The molecular weight excluding hydrogens is 352 g/mol. The Morgan fingerprint density at radius 1 is 1.14 bits per heavy atom. The van der Waals surface area contributed by atoms with Gasteiger partial charge in [-0.1, -0.05) is 18.2 Å². The fraction of sp³-hybridized carbons (Fsp3) is 0.304. The molecule has 5 nitrogen and oxygen atoms in total. The van der Waals surface area contributed by atoms with E-state index in [2.05, 4.69) is 23.5 Å². The highest BCUT2D eigenvalue weighted by molar-refractivity contribution is 6.05. The summed E-state index contributed by atoms with van der Waals surface area (Å²) >= 11 is 0. The van der Waals surface area contributed by atoms with E-state index < -0.39 is 0 Å². The molecule has 0 bridgehead atoms. The number of nitrogens with one attached hydrogen (secondary N) is 1. The van der Waals surface area contributed by atoms with Crippen molar-refractivity contribution in [3.63, 3.8) is 0 Å². The maximum absolute atomic E-state index is 12.4. The van der Waals surface area contributed by atoms with Gasteiger partial charge in [0.25, 0.3) is 5.91 Å². The van der Waals surface area contributed by atoms with Crippen LogP contribution in [0.5, 0.6) is 0 Å². The molecule has 1 aromatic heterocycles. The van der Waals surface area contributed by atoms with Crippen LogP contribution in [0.1, 0.15) is 39.3 Å². The van der Waals surface area contributed by atoms with Crippen LogP contribution in [0.25, 0.3) is 22.0 Å². The topological polar surface area (TPSA) is 60.3 Å². The number of hydrogen-bond acceptors (Lipinski definition) is 3. The Hall–Kier alpha value is -2.92. The minimum Gasteiger partial charge on any atom is -0.383 e. The molecule has 2 aromatic carbocycles. The van der Waals surface area contributed by atoms with Gasteiger partial charge in [0.2, 0.25) is 0 Å². The molecule has 0 radical (unpaired) electrons. The smallest absolute Gasteiger partial charge is 0.251 e. The number of carbonyl (C=O) groups is 2. The standard InChI is InChI=1S/C23H24N2O3/c1-25-20-10-9-16(14-19(20)18-7-4-8-21(26)22(18)25)15-5-3-6-17(13-15)23(27)24-11-12-28-2/h3,5-6,9-10,13-14H,4,7-8,11-12H2,1-2H3,(H,24,27). The lowest BCUT2D eigenvalue weighted by atomic mass is 9.93. The largest absolute Gasteiger partial charge is 0.383 e. The van der Waals surface area contributed by atoms with Crippen LogP contribution in [0.4, 0.5) is 0 Å². The van der Waals surface area contributed by atoms with Crippen LogP contribution in [0.15, 0.2) is 42.5 Å². The molecule has 1 heterocycles. The second-order valence-corrected chi connectivity index (χ2v) is 7.22. The monoisotopic (exact) mass is 376 g/mol. The summed E-state index contributed by atoms with van der Waals surface area (Å²) in [5, 5.41) is 3.99. The van der Waals surface area contributed by atoms with Crippen molar-refractivity contribution in [1.82, 2.24) is 9.88 Å². The van der Waals surface area contributed by atoms with Gasteiger partial charge in [0.05, 0.1) is 12.3 Å². The number of ether oxygens (including phenoxy) is 1. The molecule has 1 N–H and O–H groups in total. The third kappa shape index (κ3) is 3.22.